The average Bonchev–Trinajstić information content (AvgIpc) is 2.70. The molecule has 4 heteroatoms. The molecule has 1 rings (SSSR count). The molecule has 0 radical (unpaired) electrons. The molecule has 116 valence electrons. The summed E-state index contributed by atoms with van der Waals surface area (Å²) < 4.78 is 5.55. The summed E-state index contributed by atoms with van der Waals surface area (Å²) in [4.78, 5) is 6.09. The summed E-state index contributed by atoms with van der Waals surface area (Å²) in [7, 11) is 0. The molecule has 0 saturated carbocycles. The molecule has 0 bridgehead atoms. The first-order chi connectivity index (χ1) is 9.21. The van der Waals surface area contributed by atoms with E-state index in [0.29, 0.717) is 12.1 Å². The van der Waals surface area contributed by atoms with E-state index in [1.165, 1.54) is 15.6 Å². The number of nitrogens with zero attached hydrogens (tertiary/aromatic N) is 1. The molecule has 1 aromatic rings. The van der Waals surface area contributed by atoms with Gasteiger partial charge in [0.05, 0.1) is 16.8 Å². The van der Waals surface area contributed by atoms with Crippen LogP contribution in [0, 0.1) is 6.92 Å². The Balaban J connectivity index is 2.47. The zero-order valence-electron chi connectivity index (χ0n) is 14.0. The third-order valence-electron chi connectivity index (χ3n) is 3.09. The minimum Gasteiger partial charge on any atom is -0.379 e. The lowest BCUT2D eigenvalue weighted by molar-refractivity contribution is 0.0768. The predicted molar refractivity (Wildman–Crippen MR) is 87.7 cm³/mol. The van der Waals surface area contributed by atoms with E-state index in [1.54, 1.807) is 0 Å². The van der Waals surface area contributed by atoms with Gasteiger partial charge in [0.2, 0.25) is 0 Å². The minimum absolute atomic E-state index is 0.137. The average molecular weight is 298 g/mol. The molecular formula is C16H30N2OS. The van der Waals surface area contributed by atoms with Gasteiger partial charge in [0, 0.05) is 22.9 Å². The first-order valence-electron chi connectivity index (χ1n) is 7.54. The topological polar surface area (TPSA) is 34.2 Å². The first-order valence-corrected chi connectivity index (χ1v) is 8.36. The Kier molecular flexibility index (Phi) is 6.62. The van der Waals surface area contributed by atoms with Gasteiger partial charge in [-0.3, -0.25) is 0 Å². The van der Waals surface area contributed by atoms with Crippen LogP contribution in [0.15, 0.2) is 0 Å². The van der Waals surface area contributed by atoms with E-state index in [0.717, 1.165) is 19.6 Å². The fraction of sp³-hybridized carbons (Fsp3) is 0.812. The van der Waals surface area contributed by atoms with E-state index >= 15 is 0 Å². The highest BCUT2D eigenvalue weighted by molar-refractivity contribution is 7.12. The van der Waals surface area contributed by atoms with Gasteiger partial charge in [-0.25, -0.2) is 4.98 Å². The predicted octanol–water partition coefficient (Wildman–Crippen LogP) is 4.21. The Morgan fingerprint density at radius 1 is 1.25 bits per heavy atom. The molecule has 0 spiro atoms. The van der Waals surface area contributed by atoms with Crippen molar-refractivity contribution >= 4 is 11.3 Å². The second-order valence-electron chi connectivity index (χ2n) is 6.67. The molecule has 1 aromatic heterocycles. The Morgan fingerprint density at radius 2 is 1.90 bits per heavy atom. The lowest BCUT2D eigenvalue weighted by atomic mass is 9.98. The molecule has 1 N–H and O–H groups in total. The zero-order valence-corrected chi connectivity index (χ0v) is 14.9. The molecule has 0 aliphatic carbocycles. The van der Waals surface area contributed by atoms with E-state index in [2.05, 4.69) is 53.8 Å². The van der Waals surface area contributed by atoms with Crippen molar-refractivity contribution in [1.29, 1.82) is 0 Å². The van der Waals surface area contributed by atoms with E-state index in [4.69, 9.17) is 9.72 Å². The lowest BCUT2D eigenvalue weighted by Gasteiger charge is -2.15. The molecule has 3 nitrogen and oxygen atoms in total. The monoisotopic (exact) mass is 298 g/mol. The fourth-order valence-corrected chi connectivity index (χ4v) is 3.08. The Hall–Kier alpha value is -0.450. The summed E-state index contributed by atoms with van der Waals surface area (Å²) in [5.74, 6) is 0. The Morgan fingerprint density at radius 3 is 2.40 bits per heavy atom. The summed E-state index contributed by atoms with van der Waals surface area (Å²) in [6.45, 7) is 16.9. The second kappa shape index (κ2) is 7.53. The van der Waals surface area contributed by atoms with Crippen LogP contribution in [-0.2, 0) is 10.2 Å². The normalized spacial score (nSPS) is 14.0. The number of aromatic nitrogens is 1. The minimum atomic E-state index is 0.137. The highest BCUT2D eigenvalue weighted by Crippen LogP contribution is 2.32. The van der Waals surface area contributed by atoms with Crippen molar-refractivity contribution in [2.45, 2.75) is 72.4 Å². The lowest BCUT2D eigenvalue weighted by Crippen LogP contribution is -2.21. The summed E-state index contributed by atoms with van der Waals surface area (Å²) in [5.41, 5.74) is 1.30. The van der Waals surface area contributed by atoms with Crippen LogP contribution in [0.1, 0.15) is 69.6 Å². The molecular weight excluding hydrogens is 268 g/mol. The zero-order chi connectivity index (χ0) is 15.3. The van der Waals surface area contributed by atoms with Crippen LogP contribution in [0.3, 0.4) is 0 Å². The van der Waals surface area contributed by atoms with Gasteiger partial charge < -0.3 is 10.1 Å². The molecule has 1 heterocycles. The van der Waals surface area contributed by atoms with E-state index in [9.17, 15) is 0 Å². The van der Waals surface area contributed by atoms with Crippen molar-refractivity contribution in [1.82, 2.24) is 10.3 Å². The SMILES string of the molecule is Cc1nc(C(C)(C)C)sc1C(C)NCCCOC(C)C. The van der Waals surface area contributed by atoms with Gasteiger partial charge in [-0.1, -0.05) is 20.8 Å². The van der Waals surface area contributed by atoms with E-state index in [1.807, 2.05) is 11.3 Å². The summed E-state index contributed by atoms with van der Waals surface area (Å²) in [5, 5.41) is 4.79. The van der Waals surface area contributed by atoms with E-state index in [-0.39, 0.29) is 5.41 Å². The maximum absolute atomic E-state index is 5.55. The van der Waals surface area contributed by atoms with Crippen LogP contribution in [0.2, 0.25) is 0 Å². The van der Waals surface area contributed by atoms with Gasteiger partial charge in [-0.05, 0) is 40.7 Å². The van der Waals surface area contributed by atoms with Crippen molar-refractivity contribution < 1.29 is 4.74 Å². The molecule has 0 aliphatic rings. The maximum atomic E-state index is 5.55. The quantitative estimate of drug-likeness (QED) is 0.766. The number of rotatable bonds is 7. The third-order valence-corrected chi connectivity index (χ3v) is 4.86. The fourth-order valence-electron chi connectivity index (χ4n) is 1.93. The molecule has 0 amide bonds. The van der Waals surface area contributed by atoms with Gasteiger partial charge in [-0.15, -0.1) is 11.3 Å². The molecule has 0 aromatic carbocycles. The highest BCUT2D eigenvalue weighted by Gasteiger charge is 2.22. The standard InChI is InChI=1S/C16H30N2OS/c1-11(2)19-10-8-9-17-12(3)14-13(4)18-15(20-14)16(5,6)7/h11-12,17H,8-10H2,1-7H3. The molecule has 20 heavy (non-hydrogen) atoms. The summed E-state index contributed by atoms with van der Waals surface area (Å²) >= 11 is 1.84. The number of aryl methyl sites for hydroxylation is 1. The molecule has 1 unspecified atom stereocenters. The summed E-state index contributed by atoms with van der Waals surface area (Å²) in [6, 6.07) is 0.364. The molecule has 0 saturated heterocycles. The Bertz CT molecular complexity index is 407. The van der Waals surface area contributed by atoms with Crippen LogP contribution >= 0.6 is 11.3 Å². The third kappa shape index (κ3) is 5.51. The number of nitrogens with one attached hydrogen (secondary N) is 1. The van der Waals surface area contributed by atoms with Crippen LogP contribution < -0.4 is 5.32 Å². The van der Waals surface area contributed by atoms with Crippen molar-refractivity contribution in [2.24, 2.45) is 0 Å². The van der Waals surface area contributed by atoms with Crippen molar-refractivity contribution in [3.63, 3.8) is 0 Å². The van der Waals surface area contributed by atoms with Crippen LogP contribution in [0.5, 0.6) is 0 Å². The van der Waals surface area contributed by atoms with Crippen molar-refractivity contribution in [3.8, 4) is 0 Å². The highest BCUT2D eigenvalue weighted by atomic mass is 32.1. The smallest absolute Gasteiger partial charge is 0.0985 e. The van der Waals surface area contributed by atoms with Gasteiger partial charge in [0.1, 0.15) is 0 Å². The van der Waals surface area contributed by atoms with Crippen molar-refractivity contribution in [2.75, 3.05) is 13.2 Å². The summed E-state index contributed by atoms with van der Waals surface area (Å²) in [6.07, 6.45) is 1.37. The van der Waals surface area contributed by atoms with Gasteiger partial charge in [0.15, 0.2) is 0 Å². The number of hydrogen-bond acceptors (Lipinski definition) is 4. The number of hydrogen-bond donors (Lipinski definition) is 1. The van der Waals surface area contributed by atoms with Crippen molar-refractivity contribution in [3.05, 3.63) is 15.6 Å². The van der Waals surface area contributed by atoms with Crippen LogP contribution in [0.4, 0.5) is 0 Å². The van der Waals surface area contributed by atoms with Crippen LogP contribution in [0.25, 0.3) is 0 Å². The number of thiazole rings is 1. The van der Waals surface area contributed by atoms with Gasteiger partial charge >= 0.3 is 0 Å². The van der Waals surface area contributed by atoms with Gasteiger partial charge in [-0.2, -0.15) is 0 Å². The van der Waals surface area contributed by atoms with Gasteiger partial charge in [0.25, 0.3) is 0 Å². The molecule has 0 aliphatic heterocycles. The second-order valence-corrected chi connectivity index (χ2v) is 7.70. The molecule has 1 atom stereocenters. The molecule has 0 fully saturated rings. The first kappa shape index (κ1) is 17.6. The Labute approximate surface area is 128 Å². The number of ether oxygens (including phenoxy) is 1. The maximum Gasteiger partial charge on any atom is 0.0985 e. The van der Waals surface area contributed by atoms with E-state index < -0.39 is 0 Å². The van der Waals surface area contributed by atoms with Crippen LogP contribution in [-0.4, -0.2) is 24.2 Å². The largest absolute Gasteiger partial charge is 0.379 e.